The standard InChI is InChI=1S/C18H17BrN4O3S2/c19-15-8-4-7-14(11-15)17(24)20-10-9-16-21-22-18(27-16)23-28(25,26)12-13-5-2-1-3-6-13/h1-8,11H,9-10,12H2,(H,20,24)(H,22,23). The number of rotatable bonds is 8. The van der Waals surface area contributed by atoms with Crippen molar-refractivity contribution in [2.24, 2.45) is 0 Å². The van der Waals surface area contributed by atoms with E-state index in [2.05, 4.69) is 36.2 Å². The average Bonchev–Trinajstić information content (AvgIpc) is 3.08. The number of aromatic nitrogens is 2. The third-order valence-corrected chi connectivity index (χ3v) is 6.36. The third-order valence-electron chi connectivity index (χ3n) is 3.62. The highest BCUT2D eigenvalue weighted by atomic mass is 79.9. The monoisotopic (exact) mass is 480 g/mol. The maximum atomic E-state index is 12.2. The number of hydrogen-bond acceptors (Lipinski definition) is 6. The van der Waals surface area contributed by atoms with E-state index >= 15 is 0 Å². The maximum Gasteiger partial charge on any atom is 0.251 e. The molecule has 0 bridgehead atoms. The molecular weight excluding hydrogens is 464 g/mol. The summed E-state index contributed by atoms with van der Waals surface area (Å²) in [6, 6.07) is 16.0. The van der Waals surface area contributed by atoms with E-state index in [0.717, 1.165) is 15.8 Å². The number of hydrogen-bond donors (Lipinski definition) is 2. The Hall–Kier alpha value is -2.30. The molecular formula is C18H17BrN4O3S2. The lowest BCUT2D eigenvalue weighted by atomic mass is 10.2. The Bertz CT molecular complexity index is 1060. The largest absolute Gasteiger partial charge is 0.352 e. The van der Waals surface area contributed by atoms with Crippen molar-refractivity contribution in [2.75, 3.05) is 11.3 Å². The minimum Gasteiger partial charge on any atom is -0.352 e. The van der Waals surface area contributed by atoms with Crippen LogP contribution < -0.4 is 10.0 Å². The van der Waals surface area contributed by atoms with Crippen LogP contribution in [-0.4, -0.2) is 31.1 Å². The van der Waals surface area contributed by atoms with Crippen LogP contribution in [0.15, 0.2) is 59.1 Å². The summed E-state index contributed by atoms with van der Waals surface area (Å²) in [5.74, 6) is -0.319. The van der Waals surface area contributed by atoms with E-state index in [4.69, 9.17) is 0 Å². The van der Waals surface area contributed by atoms with Crippen molar-refractivity contribution in [2.45, 2.75) is 12.2 Å². The molecule has 0 aliphatic rings. The van der Waals surface area contributed by atoms with Gasteiger partial charge in [0.15, 0.2) is 0 Å². The number of nitrogens with one attached hydrogen (secondary N) is 2. The summed E-state index contributed by atoms with van der Waals surface area (Å²) in [4.78, 5) is 12.1. The molecule has 1 amide bonds. The first-order valence-electron chi connectivity index (χ1n) is 8.32. The van der Waals surface area contributed by atoms with Crippen LogP contribution in [0.3, 0.4) is 0 Å². The van der Waals surface area contributed by atoms with Crippen LogP contribution in [0.1, 0.15) is 20.9 Å². The molecule has 0 atom stereocenters. The fourth-order valence-corrected chi connectivity index (χ4v) is 4.92. The van der Waals surface area contributed by atoms with Crippen LogP contribution in [0, 0.1) is 0 Å². The lowest BCUT2D eigenvalue weighted by Crippen LogP contribution is -2.25. The molecule has 2 N–H and O–H groups in total. The molecule has 0 fully saturated rings. The first-order chi connectivity index (χ1) is 13.4. The quantitative estimate of drug-likeness (QED) is 0.515. The highest BCUT2D eigenvalue weighted by Gasteiger charge is 2.15. The zero-order valence-electron chi connectivity index (χ0n) is 14.6. The Balaban J connectivity index is 1.50. The summed E-state index contributed by atoms with van der Waals surface area (Å²) in [6.07, 6.45) is 0.456. The molecule has 0 aliphatic carbocycles. The molecule has 2 aromatic carbocycles. The second kappa shape index (κ2) is 9.26. The molecule has 0 radical (unpaired) electrons. The molecule has 146 valence electrons. The molecule has 0 spiro atoms. The summed E-state index contributed by atoms with van der Waals surface area (Å²) in [6.45, 7) is 0.372. The van der Waals surface area contributed by atoms with Crippen molar-refractivity contribution in [3.63, 3.8) is 0 Å². The molecule has 1 aromatic heterocycles. The Morgan fingerprint density at radius 1 is 1.07 bits per heavy atom. The van der Waals surface area contributed by atoms with Gasteiger partial charge in [-0.05, 0) is 23.8 Å². The van der Waals surface area contributed by atoms with Gasteiger partial charge in [0.25, 0.3) is 5.91 Å². The number of nitrogens with zero attached hydrogens (tertiary/aromatic N) is 2. The molecule has 0 saturated heterocycles. The number of carbonyl (C=O) groups is 1. The Morgan fingerprint density at radius 3 is 2.61 bits per heavy atom. The zero-order valence-corrected chi connectivity index (χ0v) is 17.9. The highest BCUT2D eigenvalue weighted by Crippen LogP contribution is 2.18. The van der Waals surface area contributed by atoms with Crippen LogP contribution in [0.2, 0.25) is 0 Å². The van der Waals surface area contributed by atoms with Gasteiger partial charge in [0.1, 0.15) is 5.01 Å². The SMILES string of the molecule is O=C(NCCc1nnc(NS(=O)(=O)Cc2ccccc2)s1)c1cccc(Br)c1. The van der Waals surface area contributed by atoms with Crippen LogP contribution in [0.5, 0.6) is 0 Å². The van der Waals surface area contributed by atoms with E-state index in [1.807, 2.05) is 12.1 Å². The fraction of sp³-hybridized carbons (Fsp3) is 0.167. The lowest BCUT2D eigenvalue weighted by molar-refractivity contribution is 0.0954. The minimum atomic E-state index is -3.56. The molecule has 3 rings (SSSR count). The summed E-state index contributed by atoms with van der Waals surface area (Å²) < 4.78 is 27.7. The van der Waals surface area contributed by atoms with Gasteiger partial charge in [-0.15, -0.1) is 10.2 Å². The second-order valence-corrected chi connectivity index (χ2v) is 9.56. The summed E-state index contributed by atoms with van der Waals surface area (Å²) in [7, 11) is -3.56. The Morgan fingerprint density at radius 2 is 1.86 bits per heavy atom. The number of benzene rings is 2. The lowest BCUT2D eigenvalue weighted by Gasteiger charge is -2.04. The Kier molecular flexibility index (Phi) is 6.76. The highest BCUT2D eigenvalue weighted by molar-refractivity contribution is 9.10. The van der Waals surface area contributed by atoms with Crippen molar-refractivity contribution in [1.29, 1.82) is 0 Å². The van der Waals surface area contributed by atoms with E-state index in [9.17, 15) is 13.2 Å². The van der Waals surface area contributed by atoms with Crippen molar-refractivity contribution in [1.82, 2.24) is 15.5 Å². The normalized spacial score (nSPS) is 11.2. The first kappa shape index (κ1) is 20.4. The number of sulfonamides is 1. The van der Waals surface area contributed by atoms with Gasteiger partial charge in [-0.25, -0.2) is 8.42 Å². The smallest absolute Gasteiger partial charge is 0.251 e. The van der Waals surface area contributed by atoms with Crippen LogP contribution in [0.4, 0.5) is 5.13 Å². The van der Waals surface area contributed by atoms with Crippen molar-refractivity contribution in [3.8, 4) is 0 Å². The second-order valence-electron chi connectivity index (χ2n) is 5.86. The van der Waals surface area contributed by atoms with E-state index < -0.39 is 10.0 Å². The predicted octanol–water partition coefficient (Wildman–Crippen LogP) is 3.22. The van der Waals surface area contributed by atoms with Crippen molar-refractivity contribution < 1.29 is 13.2 Å². The third kappa shape index (κ3) is 6.11. The van der Waals surface area contributed by atoms with E-state index in [1.165, 1.54) is 0 Å². The number of amides is 1. The van der Waals surface area contributed by atoms with Gasteiger partial charge in [0.05, 0.1) is 5.75 Å². The molecule has 3 aromatic rings. The van der Waals surface area contributed by atoms with Gasteiger partial charge in [-0.3, -0.25) is 9.52 Å². The number of carbonyl (C=O) groups excluding carboxylic acids is 1. The number of halogens is 1. The Labute approximate surface area is 175 Å². The summed E-state index contributed by atoms with van der Waals surface area (Å²) in [5.41, 5.74) is 1.25. The molecule has 0 saturated carbocycles. The van der Waals surface area contributed by atoms with Gasteiger partial charge < -0.3 is 5.32 Å². The van der Waals surface area contributed by atoms with Crippen LogP contribution in [-0.2, 0) is 22.2 Å². The average molecular weight is 481 g/mol. The van der Waals surface area contributed by atoms with Gasteiger partial charge in [0, 0.05) is 23.0 Å². The van der Waals surface area contributed by atoms with Crippen LogP contribution >= 0.6 is 27.3 Å². The first-order valence-corrected chi connectivity index (χ1v) is 11.6. The number of anilines is 1. The molecule has 1 heterocycles. The van der Waals surface area contributed by atoms with Crippen molar-refractivity contribution in [3.05, 3.63) is 75.2 Å². The molecule has 7 nitrogen and oxygen atoms in total. The van der Waals surface area contributed by atoms with E-state index in [1.54, 1.807) is 42.5 Å². The molecule has 28 heavy (non-hydrogen) atoms. The fourth-order valence-electron chi connectivity index (χ4n) is 2.37. The van der Waals surface area contributed by atoms with Crippen molar-refractivity contribution >= 4 is 48.3 Å². The zero-order chi connectivity index (χ0) is 20.0. The minimum absolute atomic E-state index is 0.133. The van der Waals surface area contributed by atoms with Gasteiger partial charge in [-0.1, -0.05) is 63.7 Å². The molecule has 10 heteroatoms. The van der Waals surface area contributed by atoms with Gasteiger partial charge in [-0.2, -0.15) is 0 Å². The summed E-state index contributed by atoms with van der Waals surface area (Å²) in [5, 5.41) is 11.5. The van der Waals surface area contributed by atoms with Crippen LogP contribution in [0.25, 0.3) is 0 Å². The predicted molar refractivity (Wildman–Crippen MR) is 113 cm³/mol. The van der Waals surface area contributed by atoms with Gasteiger partial charge >= 0.3 is 0 Å². The molecule has 0 unspecified atom stereocenters. The summed E-state index contributed by atoms with van der Waals surface area (Å²) >= 11 is 4.48. The van der Waals surface area contributed by atoms with Gasteiger partial charge in [0.2, 0.25) is 15.2 Å². The maximum absolute atomic E-state index is 12.2. The molecule has 0 aliphatic heterocycles. The van der Waals surface area contributed by atoms with E-state index in [-0.39, 0.29) is 16.8 Å². The topological polar surface area (TPSA) is 101 Å². The van der Waals surface area contributed by atoms with E-state index in [0.29, 0.717) is 29.1 Å².